The molecule has 116 valence electrons. The molecule has 2 rings (SSSR count). The van der Waals surface area contributed by atoms with Crippen LogP contribution in [0.5, 0.6) is 0 Å². The highest BCUT2D eigenvalue weighted by Gasteiger charge is 2.13. The summed E-state index contributed by atoms with van der Waals surface area (Å²) in [5, 5.41) is 3.22. The minimum absolute atomic E-state index is 0.0188. The zero-order chi connectivity index (χ0) is 15.9. The first-order chi connectivity index (χ1) is 10.6. The van der Waals surface area contributed by atoms with E-state index in [1.807, 2.05) is 54.6 Å². The number of anilines is 2. The van der Waals surface area contributed by atoms with E-state index in [2.05, 4.69) is 17.9 Å². The monoisotopic (exact) mass is 315 g/mol. The molecule has 2 aromatic rings. The summed E-state index contributed by atoms with van der Waals surface area (Å²) in [4.78, 5) is 14.2. The number of rotatable bonds is 6. The number of hydrogen-bond acceptors (Lipinski definition) is 4. The van der Waals surface area contributed by atoms with Crippen molar-refractivity contribution in [2.75, 3.05) is 29.6 Å². The minimum atomic E-state index is -0.0478. The highest BCUT2D eigenvalue weighted by Crippen LogP contribution is 2.17. The summed E-state index contributed by atoms with van der Waals surface area (Å²) in [6, 6.07) is 17.0. The van der Waals surface area contributed by atoms with Gasteiger partial charge >= 0.3 is 0 Å². The van der Waals surface area contributed by atoms with E-state index < -0.39 is 0 Å². The Morgan fingerprint density at radius 1 is 1.23 bits per heavy atom. The molecule has 2 aromatic carbocycles. The number of amides is 1. The van der Waals surface area contributed by atoms with Gasteiger partial charge < -0.3 is 16.0 Å². The van der Waals surface area contributed by atoms with Gasteiger partial charge in [0.05, 0.1) is 0 Å². The van der Waals surface area contributed by atoms with E-state index in [0.717, 1.165) is 11.4 Å². The first-order valence-corrected chi connectivity index (χ1v) is 7.78. The Kier molecular flexibility index (Phi) is 5.86. The lowest BCUT2D eigenvalue weighted by Crippen LogP contribution is -2.30. The average Bonchev–Trinajstić information content (AvgIpc) is 2.59. The molecule has 1 atom stereocenters. The van der Waals surface area contributed by atoms with Gasteiger partial charge in [-0.05, 0) is 30.3 Å². The van der Waals surface area contributed by atoms with Gasteiger partial charge in [0.1, 0.15) is 0 Å². The van der Waals surface area contributed by atoms with Crippen molar-refractivity contribution < 1.29 is 4.79 Å². The van der Waals surface area contributed by atoms with Crippen LogP contribution in [0.4, 0.5) is 11.4 Å². The molecule has 0 aliphatic carbocycles. The lowest BCUT2D eigenvalue weighted by molar-refractivity contribution is 0.0993. The molecule has 22 heavy (non-hydrogen) atoms. The van der Waals surface area contributed by atoms with Crippen molar-refractivity contribution in [1.29, 1.82) is 0 Å². The van der Waals surface area contributed by atoms with Crippen LogP contribution in [-0.2, 0) is 0 Å². The van der Waals surface area contributed by atoms with Crippen molar-refractivity contribution in [3.8, 4) is 0 Å². The van der Waals surface area contributed by atoms with Crippen LogP contribution < -0.4 is 16.0 Å². The van der Waals surface area contributed by atoms with Crippen LogP contribution in [0.25, 0.3) is 0 Å². The number of nitrogens with one attached hydrogen (secondary N) is 1. The van der Waals surface area contributed by atoms with Gasteiger partial charge in [-0.3, -0.25) is 4.79 Å². The standard InChI is InChI=1S/C17H21N3OS/c1-20(16-8-3-2-4-9-16)17(21)13-6-5-7-15(10-13)19-11-14(18)12-22/h2-10,14,19,22H,11-12,18H2,1H3/t14-/m1/s1. The predicted molar refractivity (Wildman–Crippen MR) is 95.9 cm³/mol. The SMILES string of the molecule is CN(C(=O)c1cccc(NC[C@@H](N)CS)c1)c1ccccc1. The van der Waals surface area contributed by atoms with E-state index in [4.69, 9.17) is 5.73 Å². The van der Waals surface area contributed by atoms with Crippen LogP contribution >= 0.6 is 12.6 Å². The van der Waals surface area contributed by atoms with Gasteiger partial charge in [0, 0.05) is 42.3 Å². The number of benzene rings is 2. The van der Waals surface area contributed by atoms with E-state index in [1.54, 1.807) is 11.9 Å². The number of thiol groups is 1. The smallest absolute Gasteiger partial charge is 0.258 e. The molecule has 0 aliphatic rings. The van der Waals surface area contributed by atoms with Crippen molar-refractivity contribution in [3.63, 3.8) is 0 Å². The summed E-state index contributed by atoms with van der Waals surface area (Å²) < 4.78 is 0. The molecule has 0 unspecified atom stereocenters. The van der Waals surface area contributed by atoms with E-state index in [-0.39, 0.29) is 11.9 Å². The highest BCUT2D eigenvalue weighted by molar-refractivity contribution is 7.80. The molecule has 0 aliphatic heterocycles. The van der Waals surface area contributed by atoms with Crippen LogP contribution in [0.3, 0.4) is 0 Å². The maximum atomic E-state index is 12.6. The fourth-order valence-corrected chi connectivity index (χ4v) is 2.17. The Labute approximate surface area is 136 Å². The molecule has 0 saturated carbocycles. The summed E-state index contributed by atoms with van der Waals surface area (Å²) in [6.07, 6.45) is 0. The van der Waals surface area contributed by atoms with Gasteiger partial charge in [-0.25, -0.2) is 0 Å². The average molecular weight is 315 g/mol. The zero-order valence-electron chi connectivity index (χ0n) is 12.6. The van der Waals surface area contributed by atoms with E-state index in [1.165, 1.54) is 0 Å². The molecule has 0 aromatic heterocycles. The Morgan fingerprint density at radius 3 is 2.64 bits per heavy atom. The van der Waals surface area contributed by atoms with Crippen molar-refractivity contribution in [2.45, 2.75) is 6.04 Å². The zero-order valence-corrected chi connectivity index (χ0v) is 13.5. The fraction of sp³-hybridized carbons (Fsp3) is 0.235. The molecule has 0 radical (unpaired) electrons. The minimum Gasteiger partial charge on any atom is -0.383 e. The summed E-state index contributed by atoms with van der Waals surface area (Å²) in [5.74, 6) is 0.566. The first-order valence-electron chi connectivity index (χ1n) is 7.15. The van der Waals surface area contributed by atoms with Gasteiger partial charge in [0.2, 0.25) is 0 Å². The van der Waals surface area contributed by atoms with Crippen molar-refractivity contribution in [3.05, 3.63) is 60.2 Å². The Balaban J connectivity index is 2.10. The molecule has 0 spiro atoms. The molecule has 5 heteroatoms. The number of para-hydroxylation sites is 1. The van der Waals surface area contributed by atoms with Crippen molar-refractivity contribution in [1.82, 2.24) is 0 Å². The number of carbonyl (C=O) groups is 1. The predicted octanol–water partition coefficient (Wildman–Crippen LogP) is 2.63. The quantitative estimate of drug-likeness (QED) is 0.718. The third-order valence-electron chi connectivity index (χ3n) is 3.36. The molecule has 3 N–H and O–H groups in total. The number of hydrogen-bond donors (Lipinski definition) is 3. The van der Waals surface area contributed by atoms with Crippen molar-refractivity contribution >= 4 is 29.9 Å². The van der Waals surface area contributed by atoms with Crippen LogP contribution in [0.15, 0.2) is 54.6 Å². The summed E-state index contributed by atoms with van der Waals surface area (Å²) in [7, 11) is 1.77. The second kappa shape index (κ2) is 7.87. The molecule has 1 amide bonds. The first kappa shape index (κ1) is 16.4. The van der Waals surface area contributed by atoms with Crippen LogP contribution in [-0.4, -0.2) is 31.3 Å². The van der Waals surface area contributed by atoms with Gasteiger partial charge in [-0.15, -0.1) is 0 Å². The summed E-state index contributed by atoms with van der Waals surface area (Å²) in [6.45, 7) is 0.621. The summed E-state index contributed by atoms with van der Waals surface area (Å²) in [5.41, 5.74) is 8.21. The topological polar surface area (TPSA) is 58.4 Å². The third-order valence-corrected chi connectivity index (χ3v) is 3.83. The molecule has 4 nitrogen and oxygen atoms in total. The van der Waals surface area contributed by atoms with Crippen molar-refractivity contribution in [2.24, 2.45) is 5.73 Å². The molecular weight excluding hydrogens is 294 g/mol. The maximum Gasteiger partial charge on any atom is 0.258 e. The van der Waals surface area contributed by atoms with Crippen LogP contribution in [0, 0.1) is 0 Å². The largest absolute Gasteiger partial charge is 0.383 e. The van der Waals surface area contributed by atoms with Crippen LogP contribution in [0.2, 0.25) is 0 Å². The number of nitrogens with two attached hydrogens (primary N) is 1. The Hall–Kier alpha value is -1.98. The van der Waals surface area contributed by atoms with E-state index >= 15 is 0 Å². The Morgan fingerprint density at radius 2 is 1.95 bits per heavy atom. The fourth-order valence-electron chi connectivity index (χ4n) is 2.04. The number of nitrogens with zero attached hydrogens (tertiary/aromatic N) is 1. The number of carbonyl (C=O) groups excluding carboxylic acids is 1. The van der Waals surface area contributed by atoms with Gasteiger partial charge in [0.25, 0.3) is 5.91 Å². The Bertz CT molecular complexity index is 618. The molecule has 0 bridgehead atoms. The highest BCUT2D eigenvalue weighted by atomic mass is 32.1. The molecular formula is C17H21N3OS. The third kappa shape index (κ3) is 4.26. The molecule has 0 saturated heterocycles. The van der Waals surface area contributed by atoms with Gasteiger partial charge in [0.15, 0.2) is 0 Å². The lowest BCUT2D eigenvalue weighted by Gasteiger charge is -2.18. The molecule has 0 fully saturated rings. The van der Waals surface area contributed by atoms with Gasteiger partial charge in [-0.2, -0.15) is 12.6 Å². The van der Waals surface area contributed by atoms with Gasteiger partial charge in [-0.1, -0.05) is 24.3 Å². The maximum absolute atomic E-state index is 12.6. The van der Waals surface area contributed by atoms with Crippen LogP contribution in [0.1, 0.15) is 10.4 Å². The summed E-state index contributed by atoms with van der Waals surface area (Å²) >= 11 is 4.16. The molecule has 0 heterocycles. The van der Waals surface area contributed by atoms with E-state index in [0.29, 0.717) is 17.9 Å². The normalized spacial score (nSPS) is 11.8. The second-order valence-corrected chi connectivity index (χ2v) is 5.47. The second-order valence-electron chi connectivity index (χ2n) is 5.10. The van der Waals surface area contributed by atoms with E-state index in [9.17, 15) is 4.79 Å². The lowest BCUT2D eigenvalue weighted by atomic mass is 10.1.